The Balaban J connectivity index is 1.50. The molecule has 0 aliphatic carbocycles. The van der Waals surface area contributed by atoms with Crippen LogP contribution in [0, 0.1) is 18.3 Å². The van der Waals surface area contributed by atoms with Gasteiger partial charge in [0.1, 0.15) is 0 Å². The number of aromatic nitrogens is 1. The van der Waals surface area contributed by atoms with E-state index < -0.39 is 0 Å². The van der Waals surface area contributed by atoms with E-state index in [-0.39, 0.29) is 23.3 Å². The van der Waals surface area contributed by atoms with Crippen molar-refractivity contribution in [3.05, 3.63) is 82.7 Å². The number of anilines is 1. The van der Waals surface area contributed by atoms with Gasteiger partial charge in [0.15, 0.2) is 0 Å². The predicted octanol–water partition coefficient (Wildman–Crippen LogP) is 5.39. The van der Waals surface area contributed by atoms with Gasteiger partial charge in [-0.1, -0.05) is 32.9 Å². The molecule has 1 fully saturated rings. The fraction of sp³-hybridized carbons (Fsp3) is 0.333. The average Bonchev–Trinajstić information content (AvgIpc) is 3.41. The Bertz CT molecular complexity index is 1340. The molecule has 4 rings (SSSR count). The van der Waals surface area contributed by atoms with Crippen LogP contribution in [-0.2, 0) is 10.2 Å². The molecule has 2 heterocycles. The second kappa shape index (κ2) is 10.9. The quantitative estimate of drug-likeness (QED) is 0.476. The van der Waals surface area contributed by atoms with Crippen LogP contribution in [0.4, 0.5) is 5.69 Å². The number of hydrogen-bond donors (Lipinski definition) is 2. The summed E-state index contributed by atoms with van der Waals surface area (Å²) in [6.07, 6.45) is 3.71. The molecular weight excluding hydrogens is 464 g/mol. The topological polar surface area (TPSA) is 104 Å². The number of hydrogen-bond acceptors (Lipinski definition) is 5. The van der Waals surface area contributed by atoms with E-state index in [2.05, 4.69) is 21.7 Å². The number of pyridine rings is 1. The van der Waals surface area contributed by atoms with Crippen molar-refractivity contribution in [1.29, 1.82) is 5.26 Å². The number of rotatable bonds is 6. The minimum absolute atomic E-state index is 0.0947. The van der Waals surface area contributed by atoms with E-state index in [9.17, 15) is 14.9 Å². The van der Waals surface area contributed by atoms with Gasteiger partial charge in [0.2, 0.25) is 0 Å². The maximum Gasteiger partial charge on any atom is 0.255 e. The van der Waals surface area contributed by atoms with Crippen molar-refractivity contribution in [3.63, 3.8) is 0 Å². The molecule has 2 aromatic carbocycles. The van der Waals surface area contributed by atoms with Crippen LogP contribution in [0.3, 0.4) is 0 Å². The van der Waals surface area contributed by atoms with Gasteiger partial charge in [0, 0.05) is 35.5 Å². The molecule has 1 aliphatic heterocycles. The average molecular weight is 497 g/mol. The highest BCUT2D eigenvalue weighted by Crippen LogP contribution is 2.27. The highest BCUT2D eigenvalue weighted by molar-refractivity contribution is 6.05. The number of nitrogens with zero attached hydrogens (tertiary/aromatic N) is 2. The summed E-state index contributed by atoms with van der Waals surface area (Å²) in [5, 5.41) is 15.3. The van der Waals surface area contributed by atoms with Crippen molar-refractivity contribution < 1.29 is 14.3 Å². The van der Waals surface area contributed by atoms with Crippen molar-refractivity contribution in [1.82, 2.24) is 10.3 Å². The summed E-state index contributed by atoms with van der Waals surface area (Å²) in [6, 6.07) is 16.6. The molecule has 7 heteroatoms. The molecule has 190 valence electrons. The number of ether oxygens (including phenoxy) is 1. The molecule has 37 heavy (non-hydrogen) atoms. The first-order valence-corrected chi connectivity index (χ1v) is 12.5. The summed E-state index contributed by atoms with van der Waals surface area (Å²) in [7, 11) is 0. The maximum absolute atomic E-state index is 13.1. The molecule has 1 unspecified atom stereocenters. The fourth-order valence-electron chi connectivity index (χ4n) is 4.27. The van der Waals surface area contributed by atoms with Crippen LogP contribution in [0.25, 0.3) is 11.1 Å². The number of carbonyl (C=O) groups is 2. The van der Waals surface area contributed by atoms with Crippen LogP contribution in [0.2, 0.25) is 0 Å². The molecule has 1 atom stereocenters. The Morgan fingerprint density at radius 2 is 1.84 bits per heavy atom. The number of benzene rings is 2. The van der Waals surface area contributed by atoms with E-state index in [1.165, 1.54) is 0 Å². The lowest BCUT2D eigenvalue weighted by Crippen LogP contribution is -2.31. The van der Waals surface area contributed by atoms with Gasteiger partial charge >= 0.3 is 0 Å². The van der Waals surface area contributed by atoms with Crippen LogP contribution in [0.1, 0.15) is 71.1 Å². The molecule has 1 saturated heterocycles. The molecule has 1 aromatic heterocycles. The Morgan fingerprint density at radius 3 is 2.49 bits per heavy atom. The number of carbonyl (C=O) groups excluding carboxylic acids is 2. The minimum atomic E-state index is -0.308. The molecule has 2 N–H and O–H groups in total. The van der Waals surface area contributed by atoms with E-state index >= 15 is 0 Å². The van der Waals surface area contributed by atoms with Crippen LogP contribution in [0.5, 0.6) is 0 Å². The SMILES string of the molecule is Cc1ncc(NC(=O)c2cc(C#N)cc(C(C)(C)C)c2)cc1-c1ccc(C(=O)NCC2CCCO2)cc1. The zero-order valence-corrected chi connectivity index (χ0v) is 21.7. The Kier molecular flexibility index (Phi) is 7.70. The normalized spacial score (nSPS) is 15.2. The summed E-state index contributed by atoms with van der Waals surface area (Å²) in [5.74, 6) is -0.440. The van der Waals surface area contributed by atoms with E-state index in [0.29, 0.717) is 28.9 Å². The zero-order chi connectivity index (χ0) is 26.6. The third kappa shape index (κ3) is 6.41. The first-order valence-electron chi connectivity index (χ1n) is 12.5. The van der Waals surface area contributed by atoms with Crippen molar-refractivity contribution in [2.75, 3.05) is 18.5 Å². The molecule has 1 aliphatic rings. The summed E-state index contributed by atoms with van der Waals surface area (Å²) < 4.78 is 5.56. The third-order valence-electron chi connectivity index (χ3n) is 6.51. The monoisotopic (exact) mass is 496 g/mol. The van der Waals surface area contributed by atoms with E-state index in [0.717, 1.165) is 41.8 Å². The second-order valence-corrected chi connectivity index (χ2v) is 10.4. The van der Waals surface area contributed by atoms with Gasteiger partial charge in [-0.05, 0) is 72.7 Å². The minimum Gasteiger partial charge on any atom is -0.376 e. The molecule has 0 bridgehead atoms. The van der Waals surface area contributed by atoms with Gasteiger partial charge in [-0.2, -0.15) is 5.26 Å². The molecular formula is C30H32N4O3. The van der Waals surface area contributed by atoms with Gasteiger partial charge in [-0.15, -0.1) is 0 Å². The number of aryl methyl sites for hydroxylation is 1. The van der Waals surface area contributed by atoms with Crippen molar-refractivity contribution in [2.24, 2.45) is 0 Å². The zero-order valence-electron chi connectivity index (χ0n) is 21.7. The number of nitriles is 1. The lowest BCUT2D eigenvalue weighted by Gasteiger charge is -2.20. The fourth-order valence-corrected chi connectivity index (χ4v) is 4.27. The van der Waals surface area contributed by atoms with E-state index in [1.54, 1.807) is 24.4 Å². The molecule has 2 amide bonds. The van der Waals surface area contributed by atoms with Crippen LogP contribution in [0.15, 0.2) is 54.7 Å². The van der Waals surface area contributed by atoms with Crippen molar-refractivity contribution in [3.8, 4) is 17.2 Å². The molecule has 3 aromatic rings. The summed E-state index contributed by atoms with van der Waals surface area (Å²) in [4.78, 5) is 30.0. The highest BCUT2D eigenvalue weighted by atomic mass is 16.5. The van der Waals surface area contributed by atoms with Gasteiger partial charge in [-0.3, -0.25) is 14.6 Å². The van der Waals surface area contributed by atoms with E-state index in [1.807, 2.05) is 58.0 Å². The molecule has 0 saturated carbocycles. The van der Waals surface area contributed by atoms with Gasteiger partial charge in [0.25, 0.3) is 11.8 Å². The first kappa shape index (κ1) is 26.1. The summed E-state index contributed by atoms with van der Waals surface area (Å²) in [6.45, 7) is 9.29. The standard InChI is InChI=1S/C30H32N4O3/c1-19-27(21-7-9-22(10-8-21)28(35)33-18-26-6-5-11-37-26)15-25(17-32-19)34-29(36)23-12-20(16-31)13-24(14-23)30(2,3)4/h7-10,12-15,17,26H,5-6,11,18H2,1-4H3,(H,33,35)(H,34,36). The third-order valence-corrected chi connectivity index (χ3v) is 6.51. The molecule has 0 spiro atoms. The second-order valence-electron chi connectivity index (χ2n) is 10.4. The van der Waals surface area contributed by atoms with Gasteiger partial charge < -0.3 is 15.4 Å². The molecule has 0 radical (unpaired) electrons. The highest BCUT2D eigenvalue weighted by Gasteiger charge is 2.19. The largest absolute Gasteiger partial charge is 0.376 e. The van der Waals surface area contributed by atoms with Crippen molar-refractivity contribution in [2.45, 2.75) is 52.1 Å². The predicted molar refractivity (Wildman–Crippen MR) is 144 cm³/mol. The van der Waals surface area contributed by atoms with Gasteiger partial charge in [0.05, 0.1) is 29.6 Å². The van der Waals surface area contributed by atoms with E-state index in [4.69, 9.17) is 4.74 Å². The lowest BCUT2D eigenvalue weighted by molar-refractivity contribution is 0.0857. The van der Waals surface area contributed by atoms with Crippen LogP contribution >= 0.6 is 0 Å². The Labute approximate surface area is 217 Å². The first-order chi connectivity index (χ1) is 17.6. The van der Waals surface area contributed by atoms with Crippen LogP contribution < -0.4 is 10.6 Å². The van der Waals surface area contributed by atoms with Crippen molar-refractivity contribution >= 4 is 17.5 Å². The lowest BCUT2D eigenvalue weighted by atomic mass is 9.85. The number of nitrogens with one attached hydrogen (secondary N) is 2. The Hall–Kier alpha value is -4.02. The Morgan fingerprint density at radius 1 is 1.08 bits per heavy atom. The maximum atomic E-state index is 13.1. The summed E-state index contributed by atoms with van der Waals surface area (Å²) in [5.41, 5.74) is 5.24. The summed E-state index contributed by atoms with van der Waals surface area (Å²) >= 11 is 0. The number of amides is 2. The smallest absolute Gasteiger partial charge is 0.255 e. The molecule has 7 nitrogen and oxygen atoms in total. The van der Waals surface area contributed by atoms with Crippen LogP contribution in [-0.4, -0.2) is 36.1 Å². The van der Waals surface area contributed by atoms with Gasteiger partial charge in [-0.25, -0.2) is 0 Å².